The zero-order valence-electron chi connectivity index (χ0n) is 12.9. The Morgan fingerprint density at radius 3 is 2.41 bits per heavy atom. The van der Waals surface area contributed by atoms with Crippen LogP contribution in [-0.4, -0.2) is 51.4 Å². The molecule has 1 aliphatic heterocycles. The number of halogens is 1. The quantitative estimate of drug-likeness (QED) is 0.849. The molecule has 1 aromatic carbocycles. The summed E-state index contributed by atoms with van der Waals surface area (Å²) in [7, 11) is -2.11. The highest BCUT2D eigenvalue weighted by Gasteiger charge is 2.28. The van der Waals surface area contributed by atoms with Crippen molar-refractivity contribution in [2.75, 3.05) is 20.1 Å². The lowest BCUT2D eigenvalue weighted by atomic mass is 10.1. The fraction of sp³-hybridized carbons (Fsp3) is 0.500. The van der Waals surface area contributed by atoms with E-state index in [0.717, 1.165) is 6.54 Å². The van der Waals surface area contributed by atoms with Crippen LogP contribution in [0.5, 0.6) is 0 Å². The van der Waals surface area contributed by atoms with Crippen molar-refractivity contribution in [1.82, 2.24) is 14.9 Å². The van der Waals surface area contributed by atoms with Gasteiger partial charge in [-0.15, -0.1) is 12.4 Å². The summed E-state index contributed by atoms with van der Waals surface area (Å²) in [5.41, 5.74) is 0.506. The fourth-order valence-electron chi connectivity index (χ4n) is 2.40. The fourth-order valence-corrected chi connectivity index (χ4v) is 3.13. The number of carbonyl (C=O) groups is 1. The molecule has 8 heteroatoms. The summed E-state index contributed by atoms with van der Waals surface area (Å²) in [5, 5.41) is 3.32. The topological polar surface area (TPSA) is 78.5 Å². The maximum absolute atomic E-state index is 12.5. The van der Waals surface area contributed by atoms with Crippen LogP contribution in [0, 0.1) is 0 Å². The summed E-state index contributed by atoms with van der Waals surface area (Å²) in [6.07, 6.45) is 0. The van der Waals surface area contributed by atoms with Gasteiger partial charge in [0.2, 0.25) is 10.0 Å². The third-order valence-electron chi connectivity index (χ3n) is 3.98. The molecule has 0 saturated carbocycles. The lowest BCUT2D eigenvalue weighted by molar-refractivity contribution is 0.0603. The predicted octanol–water partition coefficient (Wildman–Crippen LogP) is 0.839. The minimum absolute atomic E-state index is 0. The van der Waals surface area contributed by atoms with Gasteiger partial charge in [-0.3, -0.25) is 4.79 Å². The molecular weight excluding hydrogens is 326 g/mol. The van der Waals surface area contributed by atoms with Crippen LogP contribution in [0.1, 0.15) is 24.2 Å². The molecule has 0 aromatic heterocycles. The molecular formula is C14H22ClN3O3S. The van der Waals surface area contributed by atoms with Gasteiger partial charge in [-0.25, -0.2) is 13.1 Å². The lowest BCUT2D eigenvalue weighted by Gasteiger charge is -2.38. The molecule has 1 fully saturated rings. The highest BCUT2D eigenvalue weighted by atomic mass is 35.5. The Kier molecular flexibility index (Phi) is 6.37. The highest BCUT2D eigenvalue weighted by Crippen LogP contribution is 2.16. The maximum Gasteiger partial charge on any atom is 0.254 e. The van der Waals surface area contributed by atoms with Crippen molar-refractivity contribution in [2.45, 2.75) is 30.8 Å². The van der Waals surface area contributed by atoms with Gasteiger partial charge in [0, 0.05) is 30.7 Å². The molecule has 1 aliphatic rings. The number of benzene rings is 1. The molecule has 2 atom stereocenters. The van der Waals surface area contributed by atoms with Gasteiger partial charge in [0.1, 0.15) is 0 Å². The normalized spacial score (nSPS) is 22.0. The number of rotatable bonds is 3. The van der Waals surface area contributed by atoms with E-state index in [4.69, 9.17) is 0 Å². The molecule has 1 amide bonds. The van der Waals surface area contributed by atoms with Crippen LogP contribution in [0.3, 0.4) is 0 Å². The van der Waals surface area contributed by atoms with Crippen molar-refractivity contribution in [3.05, 3.63) is 29.8 Å². The van der Waals surface area contributed by atoms with Crippen LogP contribution in [0.15, 0.2) is 29.2 Å². The van der Waals surface area contributed by atoms with E-state index in [1.54, 1.807) is 12.1 Å². The number of hydrogen-bond acceptors (Lipinski definition) is 4. The van der Waals surface area contributed by atoms with Crippen LogP contribution in [0.25, 0.3) is 0 Å². The van der Waals surface area contributed by atoms with E-state index in [2.05, 4.69) is 10.0 Å². The van der Waals surface area contributed by atoms with Gasteiger partial charge in [0.25, 0.3) is 5.91 Å². The number of piperazine rings is 1. The molecule has 2 unspecified atom stereocenters. The Labute approximate surface area is 137 Å². The first-order chi connectivity index (χ1) is 9.86. The maximum atomic E-state index is 12.5. The molecule has 2 N–H and O–H groups in total. The third-order valence-corrected chi connectivity index (χ3v) is 5.41. The summed E-state index contributed by atoms with van der Waals surface area (Å²) < 4.78 is 25.6. The molecule has 0 spiro atoms. The van der Waals surface area contributed by atoms with E-state index < -0.39 is 10.0 Å². The second kappa shape index (κ2) is 7.41. The predicted molar refractivity (Wildman–Crippen MR) is 87.9 cm³/mol. The minimum atomic E-state index is -3.47. The molecule has 1 heterocycles. The molecule has 2 rings (SSSR count). The van der Waals surface area contributed by atoms with E-state index in [1.165, 1.54) is 19.2 Å². The molecule has 1 aromatic rings. The Hall–Kier alpha value is -1.15. The third kappa shape index (κ3) is 3.78. The van der Waals surface area contributed by atoms with Gasteiger partial charge in [0.05, 0.1) is 4.90 Å². The molecule has 6 nitrogen and oxygen atoms in total. The van der Waals surface area contributed by atoms with Crippen LogP contribution in [0.4, 0.5) is 0 Å². The van der Waals surface area contributed by atoms with Gasteiger partial charge in [-0.2, -0.15) is 0 Å². The highest BCUT2D eigenvalue weighted by molar-refractivity contribution is 7.89. The van der Waals surface area contributed by atoms with Crippen LogP contribution in [-0.2, 0) is 10.0 Å². The average molecular weight is 348 g/mol. The van der Waals surface area contributed by atoms with Crippen molar-refractivity contribution < 1.29 is 13.2 Å². The Morgan fingerprint density at radius 1 is 1.27 bits per heavy atom. The summed E-state index contributed by atoms with van der Waals surface area (Å²) in [6.45, 7) is 5.48. The second-order valence-corrected chi connectivity index (χ2v) is 7.10. The Bertz CT molecular complexity index is 619. The monoisotopic (exact) mass is 347 g/mol. The Balaban J connectivity index is 0.00000242. The molecule has 0 radical (unpaired) electrons. The largest absolute Gasteiger partial charge is 0.333 e. The van der Waals surface area contributed by atoms with Crippen molar-refractivity contribution in [3.63, 3.8) is 0 Å². The van der Waals surface area contributed by atoms with Crippen molar-refractivity contribution in [2.24, 2.45) is 0 Å². The van der Waals surface area contributed by atoms with Crippen molar-refractivity contribution in [1.29, 1.82) is 0 Å². The number of sulfonamides is 1. The van der Waals surface area contributed by atoms with E-state index in [0.29, 0.717) is 12.1 Å². The first-order valence-corrected chi connectivity index (χ1v) is 8.43. The van der Waals surface area contributed by atoms with E-state index in [9.17, 15) is 13.2 Å². The number of hydrogen-bond donors (Lipinski definition) is 2. The van der Waals surface area contributed by atoms with E-state index in [1.807, 2.05) is 18.7 Å². The number of amides is 1. The van der Waals surface area contributed by atoms with Gasteiger partial charge < -0.3 is 10.2 Å². The molecule has 0 aliphatic carbocycles. The SMILES string of the molecule is CNS(=O)(=O)c1ccc(C(=O)N2CCNC(C)C2C)cc1.Cl. The zero-order chi connectivity index (χ0) is 15.6. The summed E-state index contributed by atoms with van der Waals surface area (Å²) in [4.78, 5) is 14.5. The molecule has 22 heavy (non-hydrogen) atoms. The van der Waals surface area contributed by atoms with Crippen LogP contribution < -0.4 is 10.0 Å². The number of nitrogens with zero attached hydrogens (tertiary/aromatic N) is 1. The van der Waals surface area contributed by atoms with Crippen molar-refractivity contribution in [3.8, 4) is 0 Å². The first-order valence-electron chi connectivity index (χ1n) is 6.95. The summed E-state index contributed by atoms with van der Waals surface area (Å²) in [5.74, 6) is -0.0655. The number of carbonyl (C=O) groups excluding carboxylic acids is 1. The first kappa shape index (κ1) is 18.9. The number of nitrogens with one attached hydrogen (secondary N) is 2. The average Bonchev–Trinajstić information content (AvgIpc) is 2.49. The van der Waals surface area contributed by atoms with E-state index in [-0.39, 0.29) is 35.3 Å². The standard InChI is InChI=1S/C14H21N3O3S.ClH/c1-10-11(2)17(9-8-16-10)14(18)12-4-6-13(7-5-12)21(19,20)15-3;/h4-7,10-11,15-16H,8-9H2,1-3H3;1H. The van der Waals surface area contributed by atoms with E-state index >= 15 is 0 Å². The van der Waals surface area contributed by atoms with Crippen molar-refractivity contribution >= 4 is 28.3 Å². The van der Waals surface area contributed by atoms with Gasteiger partial charge >= 0.3 is 0 Å². The van der Waals surface area contributed by atoms with Crippen LogP contribution in [0.2, 0.25) is 0 Å². The molecule has 0 bridgehead atoms. The minimum Gasteiger partial charge on any atom is -0.333 e. The van der Waals surface area contributed by atoms with Crippen LogP contribution >= 0.6 is 12.4 Å². The van der Waals surface area contributed by atoms with Gasteiger partial charge in [-0.1, -0.05) is 0 Å². The lowest BCUT2D eigenvalue weighted by Crippen LogP contribution is -2.57. The molecule has 1 saturated heterocycles. The summed E-state index contributed by atoms with van der Waals surface area (Å²) >= 11 is 0. The Morgan fingerprint density at radius 2 is 1.86 bits per heavy atom. The van der Waals surface area contributed by atoms with Gasteiger partial charge in [0.15, 0.2) is 0 Å². The zero-order valence-corrected chi connectivity index (χ0v) is 14.5. The molecule has 124 valence electrons. The smallest absolute Gasteiger partial charge is 0.254 e. The second-order valence-electron chi connectivity index (χ2n) is 5.21. The van der Waals surface area contributed by atoms with Gasteiger partial charge in [-0.05, 0) is 45.2 Å². The summed E-state index contributed by atoms with van der Waals surface area (Å²) in [6, 6.07) is 6.38.